The molecular formula is C18H27N3O3. The fourth-order valence-corrected chi connectivity index (χ4v) is 2.82. The molecule has 1 unspecified atom stereocenters. The van der Waals surface area contributed by atoms with E-state index in [4.69, 9.17) is 4.74 Å². The molecule has 1 fully saturated rings. The summed E-state index contributed by atoms with van der Waals surface area (Å²) in [4.78, 5) is 30.4. The highest BCUT2D eigenvalue weighted by Gasteiger charge is 2.28. The van der Waals surface area contributed by atoms with Gasteiger partial charge in [0.2, 0.25) is 11.8 Å². The van der Waals surface area contributed by atoms with Crippen LogP contribution >= 0.6 is 0 Å². The molecule has 6 heteroatoms. The van der Waals surface area contributed by atoms with Gasteiger partial charge >= 0.3 is 0 Å². The Bertz CT molecular complexity index is 551. The molecule has 1 aromatic rings. The summed E-state index contributed by atoms with van der Waals surface area (Å²) < 4.78 is 5.16. The Morgan fingerprint density at radius 3 is 2.67 bits per heavy atom. The number of aryl methyl sites for hydroxylation is 1. The maximum Gasteiger partial charge on any atom is 0.248 e. The normalized spacial score (nSPS) is 16.7. The summed E-state index contributed by atoms with van der Waals surface area (Å²) in [5.74, 6) is 0.0248. The van der Waals surface area contributed by atoms with E-state index in [1.807, 2.05) is 32.9 Å². The number of likely N-dealkylation sites (tertiary alicyclic amines) is 1. The van der Waals surface area contributed by atoms with E-state index < -0.39 is 0 Å². The number of piperidine rings is 1. The molecule has 1 atom stereocenters. The molecule has 0 saturated carbocycles. The van der Waals surface area contributed by atoms with Gasteiger partial charge in [0, 0.05) is 37.5 Å². The quantitative estimate of drug-likeness (QED) is 0.862. The van der Waals surface area contributed by atoms with Gasteiger partial charge in [-0.1, -0.05) is 6.07 Å². The molecule has 1 aliphatic rings. The van der Waals surface area contributed by atoms with Crippen molar-refractivity contribution in [3.05, 3.63) is 29.6 Å². The van der Waals surface area contributed by atoms with E-state index in [0.717, 1.165) is 11.3 Å². The first-order chi connectivity index (χ1) is 11.5. The Hall–Kier alpha value is -1.95. The van der Waals surface area contributed by atoms with Crippen molar-refractivity contribution in [2.75, 3.05) is 26.3 Å². The van der Waals surface area contributed by atoms with Crippen LogP contribution in [0.2, 0.25) is 0 Å². The van der Waals surface area contributed by atoms with Crippen molar-refractivity contribution in [3.63, 3.8) is 0 Å². The third kappa shape index (κ3) is 5.03. The number of rotatable bonds is 6. The fourth-order valence-electron chi connectivity index (χ4n) is 2.82. The molecule has 1 aromatic heterocycles. The summed E-state index contributed by atoms with van der Waals surface area (Å²) >= 11 is 0. The van der Waals surface area contributed by atoms with Crippen molar-refractivity contribution in [1.29, 1.82) is 0 Å². The van der Waals surface area contributed by atoms with E-state index >= 15 is 0 Å². The van der Waals surface area contributed by atoms with Crippen LogP contribution in [0.5, 0.6) is 0 Å². The molecule has 1 N–H and O–H groups in total. The fraction of sp³-hybridized carbons (Fsp3) is 0.611. The first kappa shape index (κ1) is 18.4. The lowest BCUT2D eigenvalue weighted by atomic mass is 9.95. The molecular weight excluding hydrogens is 306 g/mol. The van der Waals surface area contributed by atoms with Crippen LogP contribution in [0.3, 0.4) is 0 Å². The predicted octanol–water partition coefficient (Wildman–Crippen LogP) is 1.84. The molecule has 0 bridgehead atoms. The molecule has 0 aromatic carbocycles. The number of ether oxygens (including phenoxy) is 1. The van der Waals surface area contributed by atoms with Gasteiger partial charge in [0.15, 0.2) is 0 Å². The smallest absolute Gasteiger partial charge is 0.248 e. The number of aromatic nitrogens is 1. The third-order valence-corrected chi connectivity index (χ3v) is 4.44. The molecule has 2 heterocycles. The van der Waals surface area contributed by atoms with E-state index in [1.165, 1.54) is 0 Å². The first-order valence-corrected chi connectivity index (χ1v) is 8.59. The molecule has 24 heavy (non-hydrogen) atoms. The van der Waals surface area contributed by atoms with Crippen LogP contribution in [-0.2, 0) is 14.3 Å². The van der Waals surface area contributed by atoms with E-state index in [1.54, 1.807) is 11.1 Å². The van der Waals surface area contributed by atoms with Crippen molar-refractivity contribution < 1.29 is 14.3 Å². The first-order valence-electron chi connectivity index (χ1n) is 8.59. The zero-order valence-corrected chi connectivity index (χ0v) is 14.7. The molecule has 1 aliphatic heterocycles. The minimum Gasteiger partial charge on any atom is -0.372 e. The molecule has 0 spiro atoms. The molecule has 2 amide bonds. The molecule has 1 saturated heterocycles. The van der Waals surface area contributed by atoms with Gasteiger partial charge in [-0.05, 0) is 45.2 Å². The summed E-state index contributed by atoms with van der Waals surface area (Å²) in [6.45, 7) is 7.67. The van der Waals surface area contributed by atoms with Gasteiger partial charge < -0.3 is 15.0 Å². The van der Waals surface area contributed by atoms with Crippen molar-refractivity contribution in [2.24, 2.45) is 5.92 Å². The third-order valence-electron chi connectivity index (χ3n) is 4.44. The monoisotopic (exact) mass is 333 g/mol. The number of carbonyl (C=O) groups is 2. The lowest BCUT2D eigenvalue weighted by Gasteiger charge is -2.32. The summed E-state index contributed by atoms with van der Waals surface area (Å²) in [5, 5.41) is 3.06. The number of carbonyl (C=O) groups excluding carboxylic acids is 2. The maximum atomic E-state index is 12.4. The molecule has 6 nitrogen and oxygen atoms in total. The SMILES string of the molecule is CCOCC(=O)N1CCC(C(=O)NC(C)c2ccc(C)nc2)CC1. The van der Waals surface area contributed by atoms with Gasteiger partial charge in [-0.15, -0.1) is 0 Å². The highest BCUT2D eigenvalue weighted by atomic mass is 16.5. The second-order valence-electron chi connectivity index (χ2n) is 6.26. The Balaban J connectivity index is 1.80. The number of pyridine rings is 1. The van der Waals surface area contributed by atoms with Gasteiger partial charge in [-0.25, -0.2) is 0 Å². The van der Waals surface area contributed by atoms with Crippen LogP contribution in [-0.4, -0.2) is 48.0 Å². The second-order valence-corrected chi connectivity index (χ2v) is 6.26. The number of hydrogen-bond donors (Lipinski definition) is 1. The zero-order chi connectivity index (χ0) is 17.5. The number of nitrogens with one attached hydrogen (secondary N) is 1. The van der Waals surface area contributed by atoms with Gasteiger partial charge in [0.25, 0.3) is 0 Å². The van der Waals surface area contributed by atoms with Crippen LogP contribution in [0.1, 0.15) is 44.0 Å². The predicted molar refractivity (Wildman–Crippen MR) is 91.3 cm³/mol. The molecule has 0 aliphatic carbocycles. The van der Waals surface area contributed by atoms with E-state index in [0.29, 0.717) is 32.5 Å². The topological polar surface area (TPSA) is 71.5 Å². The number of amides is 2. The average Bonchev–Trinajstić information content (AvgIpc) is 2.60. The summed E-state index contributed by atoms with van der Waals surface area (Å²) in [5.41, 5.74) is 1.96. The highest BCUT2D eigenvalue weighted by molar-refractivity contribution is 5.80. The minimum atomic E-state index is -0.0665. The standard InChI is InChI=1S/C18H27N3O3/c1-4-24-12-17(22)21-9-7-15(8-10-21)18(23)20-14(3)16-6-5-13(2)19-11-16/h5-6,11,14-15H,4,7-10,12H2,1-3H3,(H,20,23). The van der Waals surface area contributed by atoms with Gasteiger partial charge in [0.1, 0.15) is 6.61 Å². The van der Waals surface area contributed by atoms with Crippen LogP contribution in [0.4, 0.5) is 0 Å². The molecule has 0 radical (unpaired) electrons. The van der Waals surface area contributed by atoms with Crippen molar-refractivity contribution >= 4 is 11.8 Å². The van der Waals surface area contributed by atoms with Crippen molar-refractivity contribution in [1.82, 2.24) is 15.2 Å². The van der Waals surface area contributed by atoms with Crippen LogP contribution in [0, 0.1) is 12.8 Å². The largest absolute Gasteiger partial charge is 0.372 e. The Morgan fingerprint density at radius 1 is 1.38 bits per heavy atom. The zero-order valence-electron chi connectivity index (χ0n) is 14.7. The minimum absolute atomic E-state index is 0.00908. The molecule has 132 valence electrons. The lowest BCUT2D eigenvalue weighted by molar-refractivity contribution is -0.139. The van der Waals surface area contributed by atoms with Gasteiger partial charge in [-0.2, -0.15) is 0 Å². The Morgan fingerprint density at radius 2 is 2.08 bits per heavy atom. The van der Waals surface area contributed by atoms with E-state index in [2.05, 4.69) is 10.3 Å². The summed E-state index contributed by atoms with van der Waals surface area (Å²) in [7, 11) is 0. The van der Waals surface area contributed by atoms with E-state index in [9.17, 15) is 9.59 Å². The van der Waals surface area contributed by atoms with Crippen LogP contribution < -0.4 is 5.32 Å². The Kier molecular flexibility index (Phi) is 6.73. The Labute approximate surface area is 143 Å². The summed E-state index contributed by atoms with van der Waals surface area (Å²) in [6, 6.07) is 3.87. The van der Waals surface area contributed by atoms with Crippen LogP contribution in [0.25, 0.3) is 0 Å². The number of hydrogen-bond acceptors (Lipinski definition) is 4. The van der Waals surface area contributed by atoms with Gasteiger partial charge in [-0.3, -0.25) is 14.6 Å². The maximum absolute atomic E-state index is 12.4. The number of nitrogens with zero attached hydrogens (tertiary/aromatic N) is 2. The molecule has 2 rings (SSSR count). The van der Waals surface area contributed by atoms with E-state index in [-0.39, 0.29) is 30.4 Å². The van der Waals surface area contributed by atoms with Gasteiger partial charge in [0.05, 0.1) is 6.04 Å². The van der Waals surface area contributed by atoms with Crippen molar-refractivity contribution in [2.45, 2.75) is 39.7 Å². The van der Waals surface area contributed by atoms with Crippen molar-refractivity contribution in [3.8, 4) is 0 Å². The van der Waals surface area contributed by atoms with Crippen LogP contribution in [0.15, 0.2) is 18.3 Å². The highest BCUT2D eigenvalue weighted by Crippen LogP contribution is 2.19. The summed E-state index contributed by atoms with van der Waals surface area (Å²) in [6.07, 6.45) is 3.19. The second kappa shape index (κ2) is 8.78. The average molecular weight is 333 g/mol. The lowest BCUT2D eigenvalue weighted by Crippen LogP contribution is -2.44.